The molecule has 0 aromatic heterocycles. The lowest BCUT2D eigenvalue weighted by Gasteiger charge is -2.35. The Bertz CT molecular complexity index is 343. The van der Waals surface area contributed by atoms with Crippen LogP contribution in [0.1, 0.15) is 20.3 Å². The Morgan fingerprint density at radius 2 is 2.26 bits per heavy atom. The number of likely N-dealkylation sites (N-methyl/N-ethyl adjacent to an activating group) is 1. The van der Waals surface area contributed by atoms with Gasteiger partial charge in [-0.15, -0.1) is 0 Å². The molecule has 1 heterocycles. The van der Waals surface area contributed by atoms with Crippen LogP contribution >= 0.6 is 0 Å². The molecular formula is C11H20FNO6. The van der Waals surface area contributed by atoms with Gasteiger partial charge < -0.3 is 29.3 Å². The largest absolute Gasteiger partial charge is 0.390 e. The smallest absolute Gasteiger partial charge is 0.269 e. The molecule has 4 atom stereocenters. The molecule has 1 aliphatic rings. The minimum absolute atomic E-state index is 0.348. The maximum absolute atomic E-state index is 14.2. The van der Waals surface area contributed by atoms with Crippen LogP contribution in [-0.4, -0.2) is 65.9 Å². The number of amides is 1. The molecule has 1 amide bonds. The van der Waals surface area contributed by atoms with Crippen molar-refractivity contribution < 1.29 is 33.6 Å². The van der Waals surface area contributed by atoms with Gasteiger partial charge in [-0.3, -0.25) is 4.79 Å². The van der Waals surface area contributed by atoms with E-state index in [1.54, 1.807) is 0 Å². The van der Waals surface area contributed by atoms with E-state index in [-0.39, 0.29) is 12.3 Å². The molecule has 7 nitrogen and oxygen atoms in total. The van der Waals surface area contributed by atoms with Gasteiger partial charge in [0.25, 0.3) is 6.48 Å². The van der Waals surface area contributed by atoms with Crippen LogP contribution in [-0.2, 0) is 19.0 Å². The second kappa shape index (κ2) is 5.68. The van der Waals surface area contributed by atoms with Crippen molar-refractivity contribution in [1.29, 1.82) is 0 Å². The molecule has 112 valence electrons. The van der Waals surface area contributed by atoms with Gasteiger partial charge >= 0.3 is 0 Å². The minimum atomic E-state index is -2.34. The Hall–Kier alpha value is -0.800. The maximum atomic E-state index is 14.2. The summed E-state index contributed by atoms with van der Waals surface area (Å²) in [5.41, 5.74) is -1.35. The average molecular weight is 281 g/mol. The third-order valence-corrected chi connectivity index (χ3v) is 3.12. The van der Waals surface area contributed by atoms with E-state index < -0.39 is 30.8 Å². The summed E-state index contributed by atoms with van der Waals surface area (Å²) < 4.78 is 29.0. The quantitative estimate of drug-likeness (QED) is 0.665. The number of alkyl halides is 1. The van der Waals surface area contributed by atoms with Crippen LogP contribution in [0, 0.1) is 0 Å². The zero-order valence-corrected chi connectivity index (χ0v) is 11.4. The van der Waals surface area contributed by atoms with E-state index in [0.29, 0.717) is 0 Å². The highest BCUT2D eigenvalue weighted by atomic mass is 19.2. The van der Waals surface area contributed by atoms with Gasteiger partial charge in [-0.25, -0.2) is 4.39 Å². The van der Waals surface area contributed by atoms with Gasteiger partial charge in [-0.2, -0.15) is 0 Å². The third-order valence-electron chi connectivity index (χ3n) is 3.12. The SMILES string of the molecule is COC(O)OC1(C)CC(F)(CO)OC1N(C)C(C)=O. The van der Waals surface area contributed by atoms with Gasteiger partial charge in [0.05, 0.1) is 0 Å². The maximum Gasteiger partial charge on any atom is 0.269 e. The first-order valence-corrected chi connectivity index (χ1v) is 5.77. The van der Waals surface area contributed by atoms with Crippen molar-refractivity contribution in [3.05, 3.63) is 0 Å². The van der Waals surface area contributed by atoms with Crippen molar-refractivity contribution in [2.24, 2.45) is 0 Å². The number of nitrogens with zero attached hydrogens (tertiary/aromatic N) is 1. The molecule has 1 aliphatic heterocycles. The first kappa shape index (κ1) is 16.3. The Morgan fingerprint density at radius 1 is 1.68 bits per heavy atom. The zero-order valence-electron chi connectivity index (χ0n) is 11.4. The fraction of sp³-hybridized carbons (Fsp3) is 0.909. The molecular weight excluding hydrogens is 261 g/mol. The van der Waals surface area contributed by atoms with Crippen LogP contribution in [0.3, 0.4) is 0 Å². The summed E-state index contributed by atoms with van der Waals surface area (Å²) in [6, 6.07) is 0. The van der Waals surface area contributed by atoms with E-state index in [2.05, 4.69) is 4.74 Å². The molecule has 0 aromatic rings. The number of hydrogen-bond donors (Lipinski definition) is 2. The number of carbonyl (C=O) groups excluding carboxylic acids is 1. The monoisotopic (exact) mass is 281 g/mol. The van der Waals surface area contributed by atoms with Crippen molar-refractivity contribution in [2.45, 2.75) is 44.4 Å². The van der Waals surface area contributed by atoms with Crippen molar-refractivity contribution in [2.75, 3.05) is 20.8 Å². The first-order valence-electron chi connectivity index (χ1n) is 5.77. The van der Waals surface area contributed by atoms with E-state index in [9.17, 15) is 14.3 Å². The van der Waals surface area contributed by atoms with Crippen molar-refractivity contribution in [3.63, 3.8) is 0 Å². The molecule has 8 heteroatoms. The van der Waals surface area contributed by atoms with Crippen LogP contribution in [0.2, 0.25) is 0 Å². The standard InChI is InChI=1S/C11H20FNO6/c1-7(15)13(3)8-10(2,19-9(16)17-4)5-11(12,6-14)18-8/h8-9,14,16H,5-6H2,1-4H3. The van der Waals surface area contributed by atoms with Crippen LogP contribution in [0.25, 0.3) is 0 Å². The number of carbonyl (C=O) groups is 1. The zero-order chi connectivity index (χ0) is 14.8. The van der Waals surface area contributed by atoms with Crippen molar-refractivity contribution in [1.82, 2.24) is 4.90 Å². The fourth-order valence-corrected chi connectivity index (χ4v) is 2.10. The molecule has 1 rings (SSSR count). The number of ether oxygens (including phenoxy) is 3. The van der Waals surface area contributed by atoms with Gasteiger partial charge in [0.2, 0.25) is 11.8 Å². The number of aliphatic hydroxyl groups is 2. The van der Waals surface area contributed by atoms with Gasteiger partial charge in [-0.1, -0.05) is 0 Å². The van der Waals surface area contributed by atoms with Gasteiger partial charge in [0, 0.05) is 27.5 Å². The Labute approximate surface area is 110 Å². The highest BCUT2D eigenvalue weighted by Crippen LogP contribution is 2.42. The number of methoxy groups -OCH3 is 1. The Kier molecular flexibility index (Phi) is 4.86. The summed E-state index contributed by atoms with van der Waals surface area (Å²) in [5, 5.41) is 18.4. The molecule has 2 N–H and O–H groups in total. The molecule has 1 saturated heterocycles. The second-order valence-electron chi connectivity index (χ2n) is 4.79. The molecule has 1 fully saturated rings. The summed E-state index contributed by atoms with van der Waals surface area (Å²) in [4.78, 5) is 12.5. The predicted octanol–water partition coefficient (Wildman–Crippen LogP) is -0.433. The summed E-state index contributed by atoms with van der Waals surface area (Å²) in [7, 11) is 2.62. The van der Waals surface area contributed by atoms with Crippen molar-refractivity contribution >= 4 is 5.91 Å². The van der Waals surface area contributed by atoms with Crippen molar-refractivity contribution in [3.8, 4) is 0 Å². The normalized spacial score (nSPS) is 36.3. The number of hydrogen-bond acceptors (Lipinski definition) is 6. The summed E-state index contributed by atoms with van der Waals surface area (Å²) in [5.74, 6) is -2.70. The number of halogens is 1. The molecule has 0 aliphatic carbocycles. The average Bonchev–Trinajstić information content (AvgIpc) is 2.60. The van der Waals surface area contributed by atoms with Crippen LogP contribution in [0.5, 0.6) is 0 Å². The Balaban J connectivity index is 2.99. The molecule has 0 aromatic carbocycles. The van der Waals surface area contributed by atoms with Crippen LogP contribution in [0.15, 0.2) is 0 Å². The summed E-state index contributed by atoms with van der Waals surface area (Å²) in [6.07, 6.45) is -1.44. The molecule has 0 radical (unpaired) electrons. The van der Waals surface area contributed by atoms with E-state index in [1.807, 2.05) is 0 Å². The van der Waals surface area contributed by atoms with Gasteiger partial charge in [0.15, 0.2) is 6.23 Å². The van der Waals surface area contributed by atoms with Gasteiger partial charge in [0.1, 0.15) is 12.2 Å². The molecule has 19 heavy (non-hydrogen) atoms. The minimum Gasteiger partial charge on any atom is -0.390 e. The summed E-state index contributed by atoms with van der Waals surface area (Å²) in [6.45, 7) is 0.291. The van der Waals surface area contributed by atoms with Crippen LogP contribution in [0.4, 0.5) is 4.39 Å². The number of rotatable bonds is 5. The highest BCUT2D eigenvalue weighted by Gasteiger charge is 2.58. The number of aliphatic hydroxyl groups excluding tert-OH is 2. The lowest BCUT2D eigenvalue weighted by molar-refractivity contribution is -0.310. The molecule has 0 saturated carbocycles. The van der Waals surface area contributed by atoms with E-state index in [0.717, 1.165) is 4.90 Å². The lowest BCUT2D eigenvalue weighted by Crippen LogP contribution is -2.51. The highest BCUT2D eigenvalue weighted by molar-refractivity contribution is 5.73. The van der Waals surface area contributed by atoms with E-state index >= 15 is 0 Å². The topological polar surface area (TPSA) is 88.5 Å². The summed E-state index contributed by atoms with van der Waals surface area (Å²) >= 11 is 0. The fourth-order valence-electron chi connectivity index (χ4n) is 2.10. The predicted molar refractivity (Wildman–Crippen MR) is 61.4 cm³/mol. The first-order chi connectivity index (χ1) is 8.67. The third kappa shape index (κ3) is 3.40. The second-order valence-corrected chi connectivity index (χ2v) is 4.79. The molecule has 0 bridgehead atoms. The Morgan fingerprint density at radius 3 is 2.68 bits per heavy atom. The van der Waals surface area contributed by atoms with E-state index in [4.69, 9.17) is 14.6 Å². The molecule has 0 spiro atoms. The van der Waals surface area contributed by atoms with Gasteiger partial charge in [-0.05, 0) is 6.92 Å². The van der Waals surface area contributed by atoms with Crippen LogP contribution < -0.4 is 0 Å². The lowest BCUT2D eigenvalue weighted by atomic mass is 9.98. The van der Waals surface area contributed by atoms with E-state index in [1.165, 1.54) is 28.0 Å². The molecule has 4 unspecified atom stereocenters.